The van der Waals surface area contributed by atoms with Gasteiger partial charge in [-0.3, -0.25) is 4.79 Å². The molecule has 102 valence electrons. The van der Waals surface area contributed by atoms with Crippen molar-refractivity contribution in [3.63, 3.8) is 0 Å². The van der Waals surface area contributed by atoms with Crippen LogP contribution >= 0.6 is 0 Å². The van der Waals surface area contributed by atoms with Crippen LogP contribution in [0.15, 0.2) is 0 Å². The molecule has 2 unspecified atom stereocenters. The van der Waals surface area contributed by atoms with E-state index < -0.39 is 11.9 Å². The van der Waals surface area contributed by atoms with Crippen molar-refractivity contribution in [2.45, 2.75) is 39.2 Å². The summed E-state index contributed by atoms with van der Waals surface area (Å²) in [7, 11) is 0. The molecule has 18 heavy (non-hydrogen) atoms. The van der Waals surface area contributed by atoms with Gasteiger partial charge in [-0.05, 0) is 32.1 Å². The molecule has 0 aromatic carbocycles. The smallest absolute Gasteiger partial charge is 0.320 e. The second-order valence-corrected chi connectivity index (χ2v) is 5.75. The maximum absolute atomic E-state index is 12.4. The standard InChI is InChI=1S/C13H22N2O3/c1-9-6-10(2)15(7-9)13(18)14-5-3-4-11(8-14)12(16)17/h9-11H,3-8H2,1-2H3,(H,16,17)/t9?,10?,11-/m0/s1. The van der Waals surface area contributed by atoms with E-state index in [9.17, 15) is 9.59 Å². The SMILES string of the molecule is CC1CC(C)N(C(=O)N2CCC[C@H](C(=O)O)C2)C1. The molecule has 2 heterocycles. The van der Waals surface area contributed by atoms with Crippen LogP contribution in [0.3, 0.4) is 0 Å². The minimum Gasteiger partial charge on any atom is -0.481 e. The van der Waals surface area contributed by atoms with Crippen molar-refractivity contribution in [1.29, 1.82) is 0 Å². The van der Waals surface area contributed by atoms with Crippen molar-refractivity contribution in [1.82, 2.24) is 9.80 Å². The van der Waals surface area contributed by atoms with Gasteiger partial charge < -0.3 is 14.9 Å². The molecule has 2 fully saturated rings. The van der Waals surface area contributed by atoms with E-state index in [0.717, 1.165) is 19.4 Å². The number of likely N-dealkylation sites (tertiary alicyclic amines) is 2. The van der Waals surface area contributed by atoms with Crippen molar-refractivity contribution in [2.24, 2.45) is 11.8 Å². The zero-order valence-corrected chi connectivity index (χ0v) is 11.1. The Labute approximate surface area is 108 Å². The fraction of sp³-hybridized carbons (Fsp3) is 0.846. The summed E-state index contributed by atoms with van der Waals surface area (Å²) < 4.78 is 0. The number of aliphatic carboxylic acids is 1. The number of carboxylic acids is 1. The first-order chi connectivity index (χ1) is 8.49. The van der Waals surface area contributed by atoms with Crippen molar-refractivity contribution in [3.05, 3.63) is 0 Å². The highest BCUT2D eigenvalue weighted by molar-refractivity contribution is 5.77. The topological polar surface area (TPSA) is 60.9 Å². The van der Waals surface area contributed by atoms with Gasteiger partial charge in [-0.15, -0.1) is 0 Å². The lowest BCUT2D eigenvalue weighted by Crippen LogP contribution is -2.49. The Hall–Kier alpha value is -1.26. The fourth-order valence-electron chi connectivity index (χ4n) is 3.10. The Morgan fingerprint density at radius 2 is 1.94 bits per heavy atom. The second kappa shape index (κ2) is 5.16. The predicted molar refractivity (Wildman–Crippen MR) is 67.3 cm³/mol. The van der Waals surface area contributed by atoms with Crippen LogP contribution in [0, 0.1) is 11.8 Å². The number of carbonyl (C=O) groups is 2. The number of hydrogen-bond donors (Lipinski definition) is 1. The Kier molecular flexibility index (Phi) is 3.78. The van der Waals surface area contributed by atoms with E-state index in [2.05, 4.69) is 13.8 Å². The highest BCUT2D eigenvalue weighted by atomic mass is 16.4. The van der Waals surface area contributed by atoms with Crippen LogP contribution in [0.2, 0.25) is 0 Å². The molecule has 0 bridgehead atoms. The molecule has 5 heteroatoms. The number of hydrogen-bond acceptors (Lipinski definition) is 2. The summed E-state index contributed by atoms with van der Waals surface area (Å²) in [5.74, 6) is -0.627. The van der Waals surface area contributed by atoms with Gasteiger partial charge in [-0.25, -0.2) is 4.79 Å². The van der Waals surface area contributed by atoms with Crippen LogP contribution in [-0.2, 0) is 4.79 Å². The molecule has 0 aromatic heterocycles. The number of carbonyl (C=O) groups excluding carboxylic acids is 1. The van der Waals surface area contributed by atoms with E-state index in [1.807, 2.05) is 4.90 Å². The molecule has 2 aliphatic heterocycles. The van der Waals surface area contributed by atoms with E-state index in [1.165, 1.54) is 0 Å². The van der Waals surface area contributed by atoms with Crippen molar-refractivity contribution < 1.29 is 14.7 Å². The third kappa shape index (κ3) is 2.60. The molecular formula is C13H22N2O3. The minimum absolute atomic E-state index is 0.0257. The molecule has 2 amide bonds. The molecule has 1 N–H and O–H groups in total. The lowest BCUT2D eigenvalue weighted by Gasteiger charge is -2.35. The van der Waals surface area contributed by atoms with Gasteiger partial charge in [0.05, 0.1) is 5.92 Å². The monoisotopic (exact) mass is 254 g/mol. The third-order valence-electron chi connectivity index (χ3n) is 4.07. The maximum Gasteiger partial charge on any atom is 0.320 e. The Morgan fingerprint density at radius 3 is 2.50 bits per heavy atom. The molecule has 0 radical (unpaired) electrons. The van der Waals surface area contributed by atoms with Crippen LogP contribution in [0.4, 0.5) is 4.79 Å². The first kappa shape index (κ1) is 13.2. The summed E-state index contributed by atoms with van der Waals surface area (Å²) in [6.07, 6.45) is 2.52. The van der Waals surface area contributed by atoms with E-state index in [4.69, 9.17) is 5.11 Å². The van der Waals surface area contributed by atoms with Gasteiger partial charge in [0.2, 0.25) is 0 Å². The van der Waals surface area contributed by atoms with Gasteiger partial charge in [-0.2, -0.15) is 0 Å². The van der Waals surface area contributed by atoms with Crippen LogP contribution in [-0.4, -0.2) is 52.6 Å². The van der Waals surface area contributed by atoms with Crippen molar-refractivity contribution in [3.8, 4) is 0 Å². The zero-order chi connectivity index (χ0) is 13.3. The normalized spacial score (nSPS) is 32.7. The van der Waals surface area contributed by atoms with E-state index >= 15 is 0 Å². The zero-order valence-electron chi connectivity index (χ0n) is 11.1. The summed E-state index contributed by atoms with van der Waals surface area (Å²) in [5.41, 5.74) is 0. The summed E-state index contributed by atoms with van der Waals surface area (Å²) in [5, 5.41) is 9.05. The highest BCUT2D eigenvalue weighted by Crippen LogP contribution is 2.25. The van der Waals surface area contributed by atoms with Gasteiger partial charge in [-0.1, -0.05) is 6.92 Å². The number of nitrogens with zero attached hydrogens (tertiary/aromatic N) is 2. The number of rotatable bonds is 1. The Balaban J connectivity index is 1.98. The molecule has 0 aliphatic carbocycles. The van der Waals surface area contributed by atoms with Crippen LogP contribution in [0.25, 0.3) is 0 Å². The molecule has 2 aliphatic rings. The predicted octanol–water partition coefficient (Wildman–Crippen LogP) is 1.63. The average molecular weight is 254 g/mol. The molecule has 0 saturated carbocycles. The Morgan fingerprint density at radius 1 is 1.22 bits per heavy atom. The van der Waals surface area contributed by atoms with Crippen LogP contribution < -0.4 is 0 Å². The van der Waals surface area contributed by atoms with E-state index in [0.29, 0.717) is 25.4 Å². The molecular weight excluding hydrogens is 232 g/mol. The second-order valence-electron chi connectivity index (χ2n) is 5.75. The lowest BCUT2D eigenvalue weighted by atomic mass is 9.98. The molecule has 3 atom stereocenters. The van der Waals surface area contributed by atoms with E-state index in [1.54, 1.807) is 4.90 Å². The number of amides is 2. The summed E-state index contributed by atoms with van der Waals surface area (Å²) in [4.78, 5) is 27.0. The van der Waals surface area contributed by atoms with Gasteiger partial charge in [0.1, 0.15) is 0 Å². The number of carboxylic acid groups (broad SMARTS) is 1. The van der Waals surface area contributed by atoms with Crippen molar-refractivity contribution >= 4 is 12.0 Å². The number of piperidine rings is 1. The van der Waals surface area contributed by atoms with Gasteiger partial charge in [0.15, 0.2) is 0 Å². The van der Waals surface area contributed by atoms with Crippen LogP contribution in [0.5, 0.6) is 0 Å². The first-order valence-corrected chi connectivity index (χ1v) is 6.77. The summed E-state index contributed by atoms with van der Waals surface area (Å²) >= 11 is 0. The first-order valence-electron chi connectivity index (χ1n) is 6.77. The third-order valence-corrected chi connectivity index (χ3v) is 4.07. The molecule has 5 nitrogen and oxygen atoms in total. The maximum atomic E-state index is 12.4. The van der Waals surface area contributed by atoms with Gasteiger partial charge in [0.25, 0.3) is 0 Å². The molecule has 0 spiro atoms. The van der Waals surface area contributed by atoms with Crippen LogP contribution in [0.1, 0.15) is 33.1 Å². The molecule has 2 rings (SSSR count). The summed E-state index contributed by atoms with van der Waals surface area (Å²) in [6.45, 7) is 6.08. The summed E-state index contributed by atoms with van der Waals surface area (Å²) in [6, 6.07) is 0.301. The fourth-order valence-corrected chi connectivity index (χ4v) is 3.10. The van der Waals surface area contributed by atoms with E-state index in [-0.39, 0.29) is 12.1 Å². The lowest BCUT2D eigenvalue weighted by molar-refractivity contribution is -0.143. The minimum atomic E-state index is -0.782. The molecule has 2 saturated heterocycles. The van der Waals surface area contributed by atoms with Gasteiger partial charge >= 0.3 is 12.0 Å². The molecule has 0 aromatic rings. The van der Waals surface area contributed by atoms with Crippen molar-refractivity contribution in [2.75, 3.05) is 19.6 Å². The largest absolute Gasteiger partial charge is 0.481 e. The number of urea groups is 1. The Bertz CT molecular complexity index is 345. The van der Waals surface area contributed by atoms with Gasteiger partial charge in [0, 0.05) is 25.7 Å². The average Bonchev–Trinajstić information content (AvgIpc) is 2.67. The quantitative estimate of drug-likeness (QED) is 0.773. The highest BCUT2D eigenvalue weighted by Gasteiger charge is 2.35.